The predicted molar refractivity (Wildman–Crippen MR) is 96.4 cm³/mol. The third-order valence-electron chi connectivity index (χ3n) is 4.93. The third kappa shape index (κ3) is 3.99. The van der Waals surface area contributed by atoms with Gasteiger partial charge in [0.15, 0.2) is 0 Å². The minimum absolute atomic E-state index is 0. The molecule has 2 aliphatic heterocycles. The zero-order valence-corrected chi connectivity index (χ0v) is 15.4. The molecule has 0 saturated carbocycles. The fraction of sp³-hybridized carbons (Fsp3) is 0.733. The summed E-state index contributed by atoms with van der Waals surface area (Å²) in [5.41, 5.74) is 6.96. The Labute approximate surface area is 150 Å². The molecule has 0 radical (unpaired) electrons. The lowest BCUT2D eigenvalue weighted by Gasteiger charge is -2.36. The van der Waals surface area contributed by atoms with Gasteiger partial charge in [0.05, 0.1) is 17.9 Å². The van der Waals surface area contributed by atoms with Crippen molar-refractivity contribution in [2.45, 2.75) is 32.2 Å². The number of carbonyl (C=O) groups excluding carboxylic acids is 1. The lowest BCUT2D eigenvalue weighted by atomic mass is 9.90. The number of aromatic nitrogens is 2. The van der Waals surface area contributed by atoms with Crippen LogP contribution in [0.3, 0.4) is 0 Å². The first-order valence-corrected chi connectivity index (χ1v) is 7.77. The molecular formula is C15H27Cl2N5O. The van der Waals surface area contributed by atoms with Gasteiger partial charge in [-0.25, -0.2) is 0 Å². The van der Waals surface area contributed by atoms with E-state index in [9.17, 15) is 4.79 Å². The van der Waals surface area contributed by atoms with E-state index in [0.29, 0.717) is 6.54 Å². The molecule has 1 amide bonds. The van der Waals surface area contributed by atoms with Crippen LogP contribution in [-0.2, 0) is 11.8 Å². The van der Waals surface area contributed by atoms with Crippen molar-refractivity contribution in [3.63, 3.8) is 0 Å². The van der Waals surface area contributed by atoms with Crippen LogP contribution in [0.25, 0.3) is 0 Å². The molecule has 0 spiro atoms. The Bertz CT molecular complexity index is 538. The van der Waals surface area contributed by atoms with Crippen molar-refractivity contribution >= 4 is 36.4 Å². The van der Waals surface area contributed by atoms with Gasteiger partial charge in [-0.2, -0.15) is 5.10 Å². The van der Waals surface area contributed by atoms with Crippen LogP contribution in [0.5, 0.6) is 0 Å². The van der Waals surface area contributed by atoms with Gasteiger partial charge < -0.3 is 10.6 Å². The first-order chi connectivity index (χ1) is 10.0. The van der Waals surface area contributed by atoms with Gasteiger partial charge in [0, 0.05) is 26.3 Å². The van der Waals surface area contributed by atoms with Crippen molar-refractivity contribution in [2.75, 3.05) is 31.1 Å². The van der Waals surface area contributed by atoms with Gasteiger partial charge >= 0.3 is 0 Å². The molecule has 2 atom stereocenters. The summed E-state index contributed by atoms with van der Waals surface area (Å²) in [6.07, 6.45) is 6.76. The molecule has 0 aromatic carbocycles. The molecule has 23 heavy (non-hydrogen) atoms. The molecule has 2 unspecified atom stereocenters. The maximum atomic E-state index is 12.8. The Morgan fingerprint density at radius 2 is 2.13 bits per heavy atom. The number of aryl methyl sites for hydroxylation is 1. The van der Waals surface area contributed by atoms with Crippen LogP contribution in [0.1, 0.15) is 26.2 Å². The second kappa shape index (κ2) is 7.83. The first kappa shape index (κ1) is 20.2. The molecule has 0 aliphatic carbocycles. The normalized spacial score (nSPS) is 28.4. The molecule has 2 fully saturated rings. The van der Waals surface area contributed by atoms with Crippen LogP contribution >= 0.6 is 24.8 Å². The van der Waals surface area contributed by atoms with E-state index in [1.807, 2.05) is 18.1 Å². The maximum absolute atomic E-state index is 12.8. The molecule has 2 aliphatic rings. The molecule has 2 saturated heterocycles. The number of piperidine rings is 1. The van der Waals surface area contributed by atoms with Gasteiger partial charge in [-0.05, 0) is 37.8 Å². The summed E-state index contributed by atoms with van der Waals surface area (Å²) in [7, 11) is 1.88. The fourth-order valence-corrected chi connectivity index (χ4v) is 3.49. The number of hydrogen-bond donors (Lipinski definition) is 1. The quantitative estimate of drug-likeness (QED) is 0.881. The number of nitrogens with zero attached hydrogens (tertiary/aromatic N) is 4. The van der Waals surface area contributed by atoms with Crippen molar-refractivity contribution in [2.24, 2.45) is 18.2 Å². The second-order valence-electron chi connectivity index (χ2n) is 6.76. The molecule has 2 N–H and O–H groups in total. The van der Waals surface area contributed by atoms with Crippen molar-refractivity contribution in [3.05, 3.63) is 12.4 Å². The molecule has 0 bridgehead atoms. The molecule has 8 heteroatoms. The van der Waals surface area contributed by atoms with Crippen LogP contribution < -0.4 is 10.6 Å². The van der Waals surface area contributed by atoms with Crippen LogP contribution in [0.15, 0.2) is 12.4 Å². The highest BCUT2D eigenvalue weighted by Crippen LogP contribution is 2.33. The summed E-state index contributed by atoms with van der Waals surface area (Å²) in [6, 6.07) is 0.00679. The number of anilines is 1. The number of amides is 1. The summed E-state index contributed by atoms with van der Waals surface area (Å²) in [5.74, 6) is 0.218. The molecular weight excluding hydrogens is 337 g/mol. The summed E-state index contributed by atoms with van der Waals surface area (Å²) < 4.78 is 1.74. The topological polar surface area (TPSA) is 67.4 Å². The monoisotopic (exact) mass is 363 g/mol. The minimum atomic E-state index is 0. The number of rotatable bonds is 3. The highest BCUT2D eigenvalue weighted by atomic mass is 35.5. The van der Waals surface area contributed by atoms with E-state index in [-0.39, 0.29) is 42.2 Å². The third-order valence-corrected chi connectivity index (χ3v) is 4.93. The SMILES string of the molecule is Cl.Cl.Cn1cc(N2CCCC(N3CCC(C)(CN)C3)C2=O)cn1. The molecule has 132 valence electrons. The number of nitrogens with two attached hydrogens (primary N) is 1. The molecule has 1 aromatic rings. The number of carbonyl (C=O) groups is 1. The molecule has 3 heterocycles. The van der Waals surface area contributed by atoms with E-state index in [2.05, 4.69) is 16.9 Å². The second-order valence-corrected chi connectivity index (χ2v) is 6.76. The van der Waals surface area contributed by atoms with Crippen LogP contribution in [0, 0.1) is 5.41 Å². The van der Waals surface area contributed by atoms with E-state index in [0.717, 1.165) is 44.6 Å². The van der Waals surface area contributed by atoms with E-state index in [1.54, 1.807) is 10.9 Å². The first-order valence-electron chi connectivity index (χ1n) is 7.77. The number of likely N-dealkylation sites (tertiary alicyclic amines) is 1. The smallest absolute Gasteiger partial charge is 0.244 e. The summed E-state index contributed by atoms with van der Waals surface area (Å²) in [4.78, 5) is 17.1. The molecule has 6 nitrogen and oxygen atoms in total. The van der Waals surface area contributed by atoms with Gasteiger partial charge in [-0.15, -0.1) is 24.8 Å². The Kier molecular flexibility index (Phi) is 6.89. The lowest BCUT2D eigenvalue weighted by molar-refractivity contribution is -0.125. The highest BCUT2D eigenvalue weighted by molar-refractivity contribution is 5.97. The van der Waals surface area contributed by atoms with Crippen LogP contribution in [-0.4, -0.2) is 52.8 Å². The fourth-order valence-electron chi connectivity index (χ4n) is 3.49. The summed E-state index contributed by atoms with van der Waals surface area (Å²) in [6.45, 7) is 5.62. The van der Waals surface area contributed by atoms with Crippen molar-refractivity contribution in [1.29, 1.82) is 0 Å². The van der Waals surface area contributed by atoms with Crippen molar-refractivity contribution < 1.29 is 4.79 Å². The van der Waals surface area contributed by atoms with Crippen LogP contribution in [0.2, 0.25) is 0 Å². The van der Waals surface area contributed by atoms with E-state index < -0.39 is 0 Å². The largest absolute Gasteiger partial charge is 0.330 e. The van der Waals surface area contributed by atoms with Crippen LogP contribution in [0.4, 0.5) is 5.69 Å². The van der Waals surface area contributed by atoms with E-state index in [1.165, 1.54) is 0 Å². The average molecular weight is 364 g/mol. The standard InChI is InChI=1S/C15H25N5O.2ClH/c1-15(10-16)5-7-19(11-15)13-4-3-6-20(14(13)21)12-8-17-18(2)9-12;;/h8-9,13H,3-7,10-11,16H2,1-2H3;2*1H. The minimum Gasteiger partial charge on any atom is -0.330 e. The highest BCUT2D eigenvalue weighted by Gasteiger charge is 2.41. The van der Waals surface area contributed by atoms with Crippen molar-refractivity contribution in [1.82, 2.24) is 14.7 Å². The molecule has 1 aromatic heterocycles. The summed E-state index contributed by atoms with van der Waals surface area (Å²) >= 11 is 0. The van der Waals surface area contributed by atoms with E-state index >= 15 is 0 Å². The van der Waals surface area contributed by atoms with Gasteiger partial charge in [-0.1, -0.05) is 6.92 Å². The zero-order chi connectivity index (χ0) is 15.0. The number of hydrogen-bond acceptors (Lipinski definition) is 4. The molecule has 3 rings (SSSR count). The average Bonchev–Trinajstić information content (AvgIpc) is 3.06. The Balaban J connectivity index is 0.00000132. The van der Waals surface area contributed by atoms with Gasteiger partial charge in [0.25, 0.3) is 0 Å². The van der Waals surface area contributed by atoms with Gasteiger partial charge in [0.1, 0.15) is 0 Å². The predicted octanol–water partition coefficient (Wildman–Crippen LogP) is 1.43. The Morgan fingerprint density at radius 3 is 2.70 bits per heavy atom. The van der Waals surface area contributed by atoms with Gasteiger partial charge in [0.2, 0.25) is 5.91 Å². The lowest BCUT2D eigenvalue weighted by Crippen LogP contribution is -2.52. The van der Waals surface area contributed by atoms with Crippen molar-refractivity contribution in [3.8, 4) is 0 Å². The van der Waals surface area contributed by atoms with Gasteiger partial charge in [-0.3, -0.25) is 14.4 Å². The summed E-state index contributed by atoms with van der Waals surface area (Å²) in [5, 5.41) is 4.18. The maximum Gasteiger partial charge on any atom is 0.244 e. The number of halogens is 2. The zero-order valence-electron chi connectivity index (χ0n) is 13.8. The Morgan fingerprint density at radius 1 is 1.39 bits per heavy atom. The Hall–Kier alpha value is -0.820. The van der Waals surface area contributed by atoms with E-state index in [4.69, 9.17) is 5.73 Å².